The summed E-state index contributed by atoms with van der Waals surface area (Å²) in [5.74, 6) is 0.0703. The van der Waals surface area contributed by atoms with Crippen LogP contribution in [-0.4, -0.2) is 38.9 Å². The molecule has 0 spiro atoms. The summed E-state index contributed by atoms with van der Waals surface area (Å²) in [6, 6.07) is 18.2. The predicted molar refractivity (Wildman–Crippen MR) is 86.8 cm³/mol. The Bertz CT molecular complexity index is 791. The maximum atomic E-state index is 12.5. The lowest BCUT2D eigenvalue weighted by Gasteiger charge is -2.38. The van der Waals surface area contributed by atoms with Gasteiger partial charge in [-0.25, -0.2) is 4.68 Å². The SMILES string of the molecule is O=C(c1ccc(-c2ccccc2)cc1)N1CC(n2ccnn2)C1. The van der Waals surface area contributed by atoms with Crippen molar-refractivity contribution in [1.29, 1.82) is 0 Å². The molecule has 0 radical (unpaired) electrons. The normalized spacial score (nSPS) is 14.5. The second kappa shape index (κ2) is 5.68. The number of nitrogens with zero attached hydrogens (tertiary/aromatic N) is 4. The summed E-state index contributed by atoms with van der Waals surface area (Å²) in [5, 5.41) is 7.78. The van der Waals surface area contributed by atoms with Gasteiger partial charge in [0.1, 0.15) is 0 Å². The van der Waals surface area contributed by atoms with E-state index in [1.807, 2.05) is 58.2 Å². The van der Waals surface area contributed by atoms with Crippen molar-refractivity contribution in [3.8, 4) is 11.1 Å². The van der Waals surface area contributed by atoms with E-state index < -0.39 is 0 Å². The van der Waals surface area contributed by atoms with Crippen molar-refractivity contribution in [3.63, 3.8) is 0 Å². The molecule has 1 fully saturated rings. The Hall–Kier alpha value is -2.95. The molecule has 1 amide bonds. The molecular weight excluding hydrogens is 288 g/mol. The number of hydrogen-bond acceptors (Lipinski definition) is 3. The number of amides is 1. The zero-order chi connectivity index (χ0) is 15.6. The van der Waals surface area contributed by atoms with E-state index in [0.29, 0.717) is 13.1 Å². The number of rotatable bonds is 3. The van der Waals surface area contributed by atoms with Crippen molar-refractivity contribution in [2.75, 3.05) is 13.1 Å². The fourth-order valence-corrected chi connectivity index (χ4v) is 2.82. The summed E-state index contributed by atoms with van der Waals surface area (Å²) >= 11 is 0. The largest absolute Gasteiger partial charge is 0.334 e. The zero-order valence-corrected chi connectivity index (χ0v) is 12.5. The first-order valence-electron chi connectivity index (χ1n) is 7.62. The summed E-state index contributed by atoms with van der Waals surface area (Å²) in [6.07, 6.45) is 3.49. The molecule has 3 aromatic rings. The molecule has 2 heterocycles. The fraction of sp³-hybridized carbons (Fsp3) is 0.167. The molecule has 1 aliphatic heterocycles. The van der Waals surface area contributed by atoms with Crippen molar-refractivity contribution < 1.29 is 4.79 Å². The molecule has 0 saturated carbocycles. The average molecular weight is 304 g/mol. The third kappa shape index (κ3) is 2.61. The molecule has 0 bridgehead atoms. The first-order valence-corrected chi connectivity index (χ1v) is 7.62. The van der Waals surface area contributed by atoms with Crippen LogP contribution >= 0.6 is 0 Å². The van der Waals surface area contributed by atoms with Gasteiger partial charge in [-0.2, -0.15) is 0 Å². The van der Waals surface area contributed by atoms with Crippen LogP contribution in [0.2, 0.25) is 0 Å². The lowest BCUT2D eigenvalue weighted by Crippen LogP contribution is -2.50. The van der Waals surface area contributed by atoms with Gasteiger partial charge in [0.25, 0.3) is 5.91 Å². The Morgan fingerprint density at radius 3 is 2.30 bits per heavy atom. The van der Waals surface area contributed by atoms with Crippen molar-refractivity contribution in [1.82, 2.24) is 19.9 Å². The standard InChI is InChI=1S/C18H16N4O/c23-18(21-12-17(13-21)22-11-10-19-20-22)16-8-6-15(7-9-16)14-4-2-1-3-5-14/h1-11,17H,12-13H2. The van der Waals surface area contributed by atoms with E-state index in [4.69, 9.17) is 0 Å². The Morgan fingerprint density at radius 2 is 1.65 bits per heavy atom. The smallest absolute Gasteiger partial charge is 0.253 e. The number of benzene rings is 2. The van der Waals surface area contributed by atoms with Crippen LogP contribution in [0.5, 0.6) is 0 Å². The molecule has 2 aromatic carbocycles. The first-order chi connectivity index (χ1) is 11.3. The topological polar surface area (TPSA) is 51.0 Å². The van der Waals surface area contributed by atoms with Crippen LogP contribution in [0.3, 0.4) is 0 Å². The Morgan fingerprint density at radius 1 is 0.957 bits per heavy atom. The molecule has 23 heavy (non-hydrogen) atoms. The lowest BCUT2D eigenvalue weighted by molar-refractivity contribution is 0.0498. The summed E-state index contributed by atoms with van der Waals surface area (Å²) in [7, 11) is 0. The zero-order valence-electron chi connectivity index (χ0n) is 12.5. The van der Waals surface area contributed by atoms with Crippen LogP contribution in [0.4, 0.5) is 0 Å². The van der Waals surface area contributed by atoms with Gasteiger partial charge in [-0.15, -0.1) is 5.10 Å². The third-order valence-corrected chi connectivity index (χ3v) is 4.20. The second-order valence-electron chi connectivity index (χ2n) is 5.69. The van der Waals surface area contributed by atoms with E-state index in [1.54, 1.807) is 6.20 Å². The number of carbonyl (C=O) groups excluding carboxylic acids is 1. The molecule has 0 aliphatic carbocycles. The minimum absolute atomic E-state index is 0.0703. The van der Waals surface area contributed by atoms with Gasteiger partial charge in [-0.05, 0) is 23.3 Å². The van der Waals surface area contributed by atoms with Gasteiger partial charge in [0.15, 0.2) is 0 Å². The summed E-state index contributed by atoms with van der Waals surface area (Å²) in [5.41, 5.74) is 3.00. The van der Waals surface area contributed by atoms with Gasteiger partial charge in [0.2, 0.25) is 0 Å². The van der Waals surface area contributed by atoms with Crippen LogP contribution < -0.4 is 0 Å². The number of likely N-dealkylation sites (tertiary alicyclic amines) is 1. The van der Waals surface area contributed by atoms with Gasteiger partial charge >= 0.3 is 0 Å². The maximum Gasteiger partial charge on any atom is 0.253 e. The maximum absolute atomic E-state index is 12.5. The average Bonchev–Trinajstić information content (AvgIpc) is 3.08. The highest BCUT2D eigenvalue weighted by atomic mass is 16.2. The van der Waals surface area contributed by atoms with Crippen LogP contribution in [0.15, 0.2) is 67.0 Å². The van der Waals surface area contributed by atoms with Crippen LogP contribution in [0.1, 0.15) is 16.4 Å². The molecule has 1 aliphatic rings. The van der Waals surface area contributed by atoms with Gasteiger partial charge in [0.05, 0.1) is 12.2 Å². The van der Waals surface area contributed by atoms with Gasteiger partial charge in [-0.3, -0.25) is 4.79 Å². The Labute approximate surface area is 134 Å². The Kier molecular flexibility index (Phi) is 3.38. The van der Waals surface area contributed by atoms with Gasteiger partial charge in [-0.1, -0.05) is 47.7 Å². The van der Waals surface area contributed by atoms with Crippen LogP contribution in [-0.2, 0) is 0 Å². The van der Waals surface area contributed by atoms with Crippen LogP contribution in [0, 0.1) is 0 Å². The molecule has 0 N–H and O–H groups in total. The van der Waals surface area contributed by atoms with E-state index in [9.17, 15) is 4.79 Å². The van der Waals surface area contributed by atoms with Gasteiger partial charge < -0.3 is 4.90 Å². The van der Waals surface area contributed by atoms with Crippen molar-refractivity contribution in [2.24, 2.45) is 0 Å². The van der Waals surface area contributed by atoms with E-state index in [2.05, 4.69) is 22.4 Å². The minimum atomic E-state index is 0.0703. The van der Waals surface area contributed by atoms with E-state index in [1.165, 1.54) is 0 Å². The molecule has 114 valence electrons. The van der Waals surface area contributed by atoms with E-state index >= 15 is 0 Å². The lowest BCUT2D eigenvalue weighted by atomic mass is 10.0. The molecule has 5 heteroatoms. The fourth-order valence-electron chi connectivity index (χ4n) is 2.82. The molecule has 5 nitrogen and oxygen atoms in total. The number of hydrogen-bond donors (Lipinski definition) is 0. The predicted octanol–water partition coefficient (Wildman–Crippen LogP) is 2.64. The summed E-state index contributed by atoms with van der Waals surface area (Å²) in [6.45, 7) is 1.37. The van der Waals surface area contributed by atoms with Crippen molar-refractivity contribution >= 4 is 5.91 Å². The van der Waals surface area contributed by atoms with Crippen molar-refractivity contribution in [2.45, 2.75) is 6.04 Å². The molecule has 0 unspecified atom stereocenters. The third-order valence-electron chi connectivity index (χ3n) is 4.20. The van der Waals surface area contributed by atoms with E-state index in [0.717, 1.165) is 16.7 Å². The molecule has 4 rings (SSSR count). The molecule has 0 atom stereocenters. The first kappa shape index (κ1) is 13.7. The van der Waals surface area contributed by atoms with Crippen LogP contribution in [0.25, 0.3) is 11.1 Å². The van der Waals surface area contributed by atoms with Crippen molar-refractivity contribution in [3.05, 3.63) is 72.6 Å². The second-order valence-corrected chi connectivity index (χ2v) is 5.69. The highest BCUT2D eigenvalue weighted by Crippen LogP contribution is 2.24. The van der Waals surface area contributed by atoms with Gasteiger partial charge in [0, 0.05) is 24.8 Å². The summed E-state index contributed by atoms with van der Waals surface area (Å²) < 4.78 is 1.81. The summed E-state index contributed by atoms with van der Waals surface area (Å²) in [4.78, 5) is 14.3. The minimum Gasteiger partial charge on any atom is -0.334 e. The Balaban J connectivity index is 1.44. The molecule has 1 saturated heterocycles. The quantitative estimate of drug-likeness (QED) is 0.747. The highest BCUT2D eigenvalue weighted by Gasteiger charge is 2.32. The highest BCUT2D eigenvalue weighted by molar-refractivity contribution is 5.95. The van der Waals surface area contributed by atoms with E-state index in [-0.39, 0.29) is 11.9 Å². The number of carbonyl (C=O) groups is 1. The monoisotopic (exact) mass is 304 g/mol. The number of aromatic nitrogens is 3. The molecular formula is C18H16N4O. The molecule has 1 aromatic heterocycles.